The molecule has 1 unspecified atom stereocenters. The number of pyridine rings is 3. The maximum absolute atomic E-state index is 12.9. The number of fused-ring (bicyclic) bond motifs is 3. The minimum absolute atomic E-state index is 0.0892. The number of carbonyl (C=O) groups is 4. The molecule has 16 heteroatoms. The number of carbonyl (C=O) groups excluding carboxylic acids is 4. The number of amides is 3. The molecule has 0 aliphatic heterocycles. The molecule has 4 aromatic rings. The lowest BCUT2D eigenvalue weighted by atomic mass is 9.98. The number of rotatable bonds is 20. The summed E-state index contributed by atoms with van der Waals surface area (Å²) in [7, 11) is -1.48. The summed E-state index contributed by atoms with van der Waals surface area (Å²) in [4.78, 5) is 63.3. The van der Waals surface area contributed by atoms with E-state index in [1.165, 1.54) is 10.8 Å². The van der Waals surface area contributed by atoms with Gasteiger partial charge in [0.05, 0.1) is 11.0 Å². The van der Waals surface area contributed by atoms with Crippen LogP contribution in [-0.4, -0.2) is 82.1 Å². The lowest BCUT2D eigenvalue weighted by Gasteiger charge is -2.17. The van der Waals surface area contributed by atoms with Crippen LogP contribution in [0.15, 0.2) is 72.1 Å². The molecule has 0 aliphatic carbocycles. The Balaban J connectivity index is 1.15. The van der Waals surface area contributed by atoms with Gasteiger partial charge in [0.15, 0.2) is 0 Å². The maximum Gasteiger partial charge on any atom is 0.267 e. The third-order valence-corrected chi connectivity index (χ3v) is 10.3. The first kappa shape index (κ1) is 37.7. The Labute approximate surface area is 292 Å². The Bertz CT molecular complexity index is 1860. The van der Waals surface area contributed by atoms with Crippen LogP contribution in [0, 0.1) is 0 Å². The van der Waals surface area contributed by atoms with E-state index in [-0.39, 0.29) is 50.3 Å². The molecule has 0 radical (unpaired) electrons. The summed E-state index contributed by atoms with van der Waals surface area (Å²) in [5.41, 5.74) is 2.25. The van der Waals surface area contributed by atoms with Gasteiger partial charge in [0.25, 0.3) is 10.1 Å². The van der Waals surface area contributed by atoms with Gasteiger partial charge in [-0.1, -0.05) is 29.0 Å². The summed E-state index contributed by atoms with van der Waals surface area (Å²) in [6.45, 7) is 0.645. The van der Waals surface area contributed by atoms with Gasteiger partial charge >= 0.3 is 0 Å². The fourth-order valence-corrected chi connectivity index (χ4v) is 7.41. The topological polar surface area (TPSA) is 197 Å². The zero-order valence-electron chi connectivity index (χ0n) is 26.7. The maximum atomic E-state index is 12.9. The number of aromatic nitrogens is 3. The zero-order chi connectivity index (χ0) is 35.1. The van der Waals surface area contributed by atoms with Crippen molar-refractivity contribution in [2.75, 3.05) is 24.6 Å². The number of unbranched alkanes of at least 4 members (excludes halogenated alkanes) is 1. The second kappa shape index (κ2) is 19.2. The minimum Gasteiger partial charge on any atom is -0.355 e. The lowest BCUT2D eigenvalue weighted by molar-refractivity contribution is -0.128. The SMILES string of the molecule is O=C(CCCC(=O)NC(CS(=O)(=O)O)C(=O)NCCCCC(=O)NCCSSc1ccccn1)Cc1cc2cccnc2c2ncccc12. The van der Waals surface area contributed by atoms with Gasteiger partial charge in [0, 0.05) is 73.9 Å². The van der Waals surface area contributed by atoms with Crippen LogP contribution in [0.5, 0.6) is 0 Å². The number of nitrogens with one attached hydrogen (secondary N) is 3. The van der Waals surface area contributed by atoms with Gasteiger partial charge in [0.2, 0.25) is 17.7 Å². The summed E-state index contributed by atoms with van der Waals surface area (Å²) in [5.74, 6) is -1.92. The molecule has 3 aromatic heterocycles. The molecule has 1 aromatic carbocycles. The fraction of sp³-hybridized carbons (Fsp3) is 0.364. The molecule has 4 rings (SSSR count). The van der Waals surface area contributed by atoms with Crippen molar-refractivity contribution in [3.05, 3.63) is 72.7 Å². The van der Waals surface area contributed by atoms with Crippen molar-refractivity contribution in [2.24, 2.45) is 0 Å². The van der Waals surface area contributed by atoms with Crippen molar-refractivity contribution in [2.45, 2.75) is 56.0 Å². The van der Waals surface area contributed by atoms with Crippen molar-refractivity contribution in [1.82, 2.24) is 30.9 Å². The molecular weight excluding hydrogens is 689 g/mol. The van der Waals surface area contributed by atoms with Crippen LogP contribution in [0.3, 0.4) is 0 Å². The fourth-order valence-electron chi connectivity index (χ4n) is 4.97. The van der Waals surface area contributed by atoms with Crippen molar-refractivity contribution >= 4 is 77.0 Å². The predicted octanol–water partition coefficient (Wildman–Crippen LogP) is 3.68. The minimum atomic E-state index is -4.59. The van der Waals surface area contributed by atoms with Gasteiger partial charge in [-0.05, 0) is 66.0 Å². The van der Waals surface area contributed by atoms with Crippen LogP contribution in [0.25, 0.3) is 21.8 Å². The van der Waals surface area contributed by atoms with E-state index < -0.39 is 33.7 Å². The number of nitrogens with zero attached hydrogens (tertiary/aromatic N) is 3. The molecule has 49 heavy (non-hydrogen) atoms. The highest BCUT2D eigenvalue weighted by atomic mass is 33.1. The molecule has 0 saturated carbocycles. The normalized spacial score (nSPS) is 12.0. The monoisotopic (exact) mass is 726 g/mol. The van der Waals surface area contributed by atoms with Crippen LogP contribution >= 0.6 is 21.6 Å². The molecule has 13 nitrogen and oxygen atoms in total. The van der Waals surface area contributed by atoms with E-state index in [0.717, 1.165) is 26.9 Å². The first-order valence-electron chi connectivity index (χ1n) is 15.7. The van der Waals surface area contributed by atoms with E-state index in [1.807, 2.05) is 42.5 Å². The van der Waals surface area contributed by atoms with Crippen LogP contribution in [0.2, 0.25) is 0 Å². The molecule has 4 N–H and O–H groups in total. The Kier molecular flexibility index (Phi) is 14.7. The molecule has 1 atom stereocenters. The quantitative estimate of drug-likeness (QED) is 0.0447. The van der Waals surface area contributed by atoms with E-state index in [0.29, 0.717) is 30.7 Å². The second-order valence-corrected chi connectivity index (χ2v) is 15.1. The molecule has 3 amide bonds. The zero-order valence-corrected chi connectivity index (χ0v) is 29.1. The first-order valence-corrected chi connectivity index (χ1v) is 19.6. The van der Waals surface area contributed by atoms with Crippen molar-refractivity contribution in [3.8, 4) is 0 Å². The Morgan fingerprint density at radius 3 is 2.33 bits per heavy atom. The Morgan fingerprint density at radius 1 is 0.796 bits per heavy atom. The van der Waals surface area contributed by atoms with Crippen LogP contribution < -0.4 is 16.0 Å². The smallest absolute Gasteiger partial charge is 0.267 e. The Morgan fingerprint density at radius 2 is 1.55 bits per heavy atom. The van der Waals surface area contributed by atoms with E-state index in [1.54, 1.807) is 35.5 Å². The molecule has 260 valence electrons. The van der Waals surface area contributed by atoms with Crippen LogP contribution in [-0.2, 0) is 35.7 Å². The third kappa shape index (κ3) is 13.0. The molecular formula is C33H38N6O7S3. The van der Waals surface area contributed by atoms with Crippen LogP contribution in [0.1, 0.15) is 44.1 Å². The van der Waals surface area contributed by atoms with Gasteiger partial charge in [-0.2, -0.15) is 8.42 Å². The average molecular weight is 727 g/mol. The number of hydrogen-bond donors (Lipinski definition) is 4. The number of Topliss-reactive ketones (excluding diaryl/α,β-unsaturated/α-hetero) is 1. The summed E-state index contributed by atoms with van der Waals surface area (Å²) < 4.78 is 32.5. The molecule has 3 heterocycles. The largest absolute Gasteiger partial charge is 0.355 e. The van der Waals surface area contributed by atoms with Crippen molar-refractivity contribution < 1.29 is 32.1 Å². The van der Waals surface area contributed by atoms with E-state index in [2.05, 4.69) is 30.9 Å². The summed E-state index contributed by atoms with van der Waals surface area (Å²) in [6.07, 6.45) is 6.53. The highest BCUT2D eigenvalue weighted by molar-refractivity contribution is 8.76. The highest BCUT2D eigenvalue weighted by Crippen LogP contribution is 2.28. The van der Waals surface area contributed by atoms with Crippen molar-refractivity contribution in [3.63, 3.8) is 0 Å². The van der Waals surface area contributed by atoms with E-state index >= 15 is 0 Å². The second-order valence-electron chi connectivity index (χ2n) is 11.1. The summed E-state index contributed by atoms with van der Waals surface area (Å²) in [6, 6.07) is 13.4. The van der Waals surface area contributed by atoms with Gasteiger partial charge in [0.1, 0.15) is 22.6 Å². The number of benzene rings is 1. The van der Waals surface area contributed by atoms with Gasteiger partial charge < -0.3 is 16.0 Å². The molecule has 0 saturated heterocycles. The average Bonchev–Trinajstić information content (AvgIpc) is 3.07. The first-order chi connectivity index (χ1) is 23.6. The standard InChI is InChI=1S/C33H38N6O7S3/c40-25(21-24-20-23-8-6-16-36-31(23)32-26(24)10-7-17-37-32)9-5-12-29(42)39-27(22-49(44,45)46)33(43)38-15-3-1-11-28(41)34-18-19-47-48-30-13-2-4-14-35-30/h2,4,6-8,10,13-14,16-17,20,27H,1,3,5,9,11-12,15,18-19,21-22H2,(H,34,41)(H,38,43)(H,39,42)(H,44,45,46). The van der Waals surface area contributed by atoms with Crippen molar-refractivity contribution in [1.29, 1.82) is 0 Å². The predicted molar refractivity (Wildman–Crippen MR) is 190 cm³/mol. The lowest BCUT2D eigenvalue weighted by Crippen LogP contribution is -2.50. The molecule has 0 fully saturated rings. The molecule has 0 aliphatic rings. The molecule has 0 spiro atoms. The Hall–Kier alpha value is -4.12. The van der Waals surface area contributed by atoms with E-state index in [4.69, 9.17) is 0 Å². The summed E-state index contributed by atoms with van der Waals surface area (Å²) >= 11 is 0. The van der Waals surface area contributed by atoms with Gasteiger partial charge in [-0.3, -0.25) is 33.7 Å². The van der Waals surface area contributed by atoms with E-state index in [9.17, 15) is 32.1 Å². The van der Waals surface area contributed by atoms with Crippen LogP contribution in [0.4, 0.5) is 0 Å². The highest BCUT2D eigenvalue weighted by Gasteiger charge is 2.26. The third-order valence-electron chi connectivity index (χ3n) is 7.24. The number of hydrogen-bond acceptors (Lipinski definition) is 11. The van der Waals surface area contributed by atoms with Gasteiger partial charge in [-0.25, -0.2) is 4.98 Å². The number of ketones is 1. The molecule has 0 bridgehead atoms. The summed E-state index contributed by atoms with van der Waals surface area (Å²) in [5, 5.41) is 10.3. The van der Waals surface area contributed by atoms with Gasteiger partial charge in [-0.15, -0.1) is 0 Å².